The van der Waals surface area contributed by atoms with Crippen LogP contribution in [0.3, 0.4) is 0 Å². The molecule has 0 radical (unpaired) electrons. The Morgan fingerprint density at radius 3 is 2.83 bits per heavy atom. The first kappa shape index (κ1) is 12.9. The van der Waals surface area contributed by atoms with Crippen LogP contribution < -0.4 is 15.8 Å². The van der Waals surface area contributed by atoms with Crippen molar-refractivity contribution in [2.45, 2.75) is 45.1 Å². The quantitative estimate of drug-likeness (QED) is 0.806. The van der Waals surface area contributed by atoms with E-state index in [1.807, 2.05) is 0 Å². The summed E-state index contributed by atoms with van der Waals surface area (Å²) in [5.41, 5.74) is 5.79. The summed E-state index contributed by atoms with van der Waals surface area (Å²) in [6.07, 6.45) is 7.83. The Kier molecular flexibility index (Phi) is 4.23. The van der Waals surface area contributed by atoms with E-state index in [1.54, 1.807) is 7.11 Å². The van der Waals surface area contributed by atoms with Gasteiger partial charge in [-0.1, -0.05) is 26.2 Å². The highest BCUT2D eigenvalue weighted by molar-refractivity contribution is 5.61. The first-order chi connectivity index (χ1) is 8.72. The lowest BCUT2D eigenvalue weighted by atomic mass is 9.97. The molecular formula is C13H22N4O. The molecular weight excluding hydrogens is 228 g/mol. The van der Waals surface area contributed by atoms with E-state index in [1.165, 1.54) is 38.4 Å². The maximum absolute atomic E-state index is 5.79. The van der Waals surface area contributed by atoms with Gasteiger partial charge in [-0.15, -0.1) is 0 Å². The molecule has 2 rings (SSSR count). The van der Waals surface area contributed by atoms with Crippen LogP contribution >= 0.6 is 0 Å². The summed E-state index contributed by atoms with van der Waals surface area (Å²) in [6, 6.07) is 0.440. The van der Waals surface area contributed by atoms with Crippen molar-refractivity contribution in [3.63, 3.8) is 0 Å². The molecule has 1 aromatic rings. The van der Waals surface area contributed by atoms with E-state index in [-0.39, 0.29) is 0 Å². The van der Waals surface area contributed by atoms with Gasteiger partial charge in [-0.2, -0.15) is 0 Å². The van der Waals surface area contributed by atoms with Crippen molar-refractivity contribution < 1.29 is 4.74 Å². The van der Waals surface area contributed by atoms with Crippen molar-refractivity contribution in [2.75, 3.05) is 18.2 Å². The van der Waals surface area contributed by atoms with Crippen molar-refractivity contribution in [3.05, 3.63) is 6.33 Å². The summed E-state index contributed by atoms with van der Waals surface area (Å²) in [6.45, 7) is 2.29. The van der Waals surface area contributed by atoms with Gasteiger partial charge >= 0.3 is 0 Å². The molecule has 100 valence electrons. The zero-order chi connectivity index (χ0) is 13.0. The fourth-order valence-corrected chi connectivity index (χ4v) is 2.57. The van der Waals surface area contributed by atoms with Crippen molar-refractivity contribution in [2.24, 2.45) is 5.92 Å². The highest BCUT2D eigenvalue weighted by Crippen LogP contribution is 2.31. The van der Waals surface area contributed by atoms with Crippen LogP contribution in [0.25, 0.3) is 0 Å². The van der Waals surface area contributed by atoms with Crippen molar-refractivity contribution in [1.29, 1.82) is 0 Å². The third-order valence-electron chi connectivity index (χ3n) is 3.72. The number of nitrogens with two attached hydrogens (primary N) is 1. The van der Waals surface area contributed by atoms with Crippen molar-refractivity contribution >= 4 is 11.6 Å². The summed E-state index contributed by atoms with van der Waals surface area (Å²) >= 11 is 0. The molecule has 2 unspecified atom stereocenters. The van der Waals surface area contributed by atoms with Crippen LogP contribution in [0.1, 0.15) is 39.0 Å². The number of nitrogens with zero attached hydrogens (tertiary/aromatic N) is 2. The molecule has 0 aromatic carbocycles. The number of nitrogen functional groups attached to an aromatic ring is 1. The van der Waals surface area contributed by atoms with Gasteiger partial charge in [0.2, 0.25) is 5.75 Å². The maximum atomic E-state index is 5.79. The zero-order valence-corrected chi connectivity index (χ0v) is 11.1. The van der Waals surface area contributed by atoms with Gasteiger partial charge in [0, 0.05) is 6.04 Å². The molecule has 1 saturated carbocycles. The first-order valence-electron chi connectivity index (χ1n) is 6.63. The highest BCUT2D eigenvalue weighted by Gasteiger charge is 2.22. The first-order valence-corrected chi connectivity index (χ1v) is 6.63. The van der Waals surface area contributed by atoms with Crippen LogP contribution in [-0.4, -0.2) is 23.1 Å². The average molecular weight is 250 g/mol. The third-order valence-corrected chi connectivity index (χ3v) is 3.72. The molecule has 0 aliphatic heterocycles. The topological polar surface area (TPSA) is 73.1 Å². The van der Waals surface area contributed by atoms with E-state index in [0.717, 1.165) is 0 Å². The Morgan fingerprint density at radius 1 is 1.28 bits per heavy atom. The van der Waals surface area contributed by atoms with Crippen LogP contribution in [0.15, 0.2) is 6.33 Å². The van der Waals surface area contributed by atoms with Crippen molar-refractivity contribution in [3.8, 4) is 5.75 Å². The lowest BCUT2D eigenvalue weighted by Crippen LogP contribution is -2.27. The molecule has 0 bridgehead atoms. The molecule has 0 amide bonds. The van der Waals surface area contributed by atoms with Gasteiger partial charge in [0.25, 0.3) is 0 Å². The number of hydrogen-bond donors (Lipinski definition) is 2. The predicted octanol–water partition coefficient (Wildman–Crippen LogP) is 2.45. The van der Waals surface area contributed by atoms with Gasteiger partial charge in [-0.3, -0.25) is 0 Å². The average Bonchev–Trinajstić information content (AvgIpc) is 2.55. The number of methoxy groups -OCH3 is 1. The molecule has 3 N–H and O–H groups in total. The molecule has 5 heteroatoms. The summed E-state index contributed by atoms with van der Waals surface area (Å²) in [7, 11) is 1.59. The van der Waals surface area contributed by atoms with Gasteiger partial charge < -0.3 is 15.8 Å². The molecule has 1 aliphatic carbocycles. The summed E-state index contributed by atoms with van der Waals surface area (Å²) in [5.74, 6) is 2.29. The standard InChI is InChI=1S/C13H22N4O/c1-9-6-4-3-5-7-10(9)17-13-11(18-2)12(14)15-8-16-13/h8-10H,3-7H2,1-2H3,(H3,14,15,16,17). The number of nitrogens with one attached hydrogen (secondary N) is 1. The lowest BCUT2D eigenvalue weighted by Gasteiger charge is -2.24. The number of ether oxygens (including phenoxy) is 1. The second kappa shape index (κ2) is 5.89. The summed E-state index contributed by atoms with van der Waals surface area (Å²) in [4.78, 5) is 8.19. The van der Waals surface area contributed by atoms with Gasteiger partial charge in [-0.05, 0) is 18.8 Å². The molecule has 18 heavy (non-hydrogen) atoms. The zero-order valence-electron chi connectivity index (χ0n) is 11.1. The lowest BCUT2D eigenvalue weighted by molar-refractivity contribution is 0.410. The smallest absolute Gasteiger partial charge is 0.203 e. The number of anilines is 2. The van der Waals surface area contributed by atoms with Gasteiger partial charge in [-0.25, -0.2) is 9.97 Å². The van der Waals surface area contributed by atoms with E-state index >= 15 is 0 Å². The van der Waals surface area contributed by atoms with E-state index in [0.29, 0.717) is 29.3 Å². The van der Waals surface area contributed by atoms with Crippen LogP contribution in [0.5, 0.6) is 5.75 Å². The van der Waals surface area contributed by atoms with Gasteiger partial charge in [0.1, 0.15) is 6.33 Å². The second-order valence-electron chi connectivity index (χ2n) is 5.01. The monoisotopic (exact) mass is 250 g/mol. The van der Waals surface area contributed by atoms with E-state index in [2.05, 4.69) is 22.2 Å². The molecule has 0 spiro atoms. The molecule has 5 nitrogen and oxygen atoms in total. The van der Waals surface area contributed by atoms with Crippen LogP contribution in [0.2, 0.25) is 0 Å². The maximum Gasteiger partial charge on any atom is 0.203 e. The number of hydrogen-bond acceptors (Lipinski definition) is 5. The largest absolute Gasteiger partial charge is 0.490 e. The minimum Gasteiger partial charge on any atom is -0.490 e. The minimum absolute atomic E-state index is 0.385. The van der Waals surface area contributed by atoms with Gasteiger partial charge in [0.15, 0.2) is 11.6 Å². The molecule has 1 aliphatic rings. The van der Waals surface area contributed by atoms with E-state index < -0.39 is 0 Å². The fraction of sp³-hybridized carbons (Fsp3) is 0.692. The van der Waals surface area contributed by atoms with Crippen LogP contribution in [0.4, 0.5) is 11.6 Å². The molecule has 1 aromatic heterocycles. The number of rotatable bonds is 3. The van der Waals surface area contributed by atoms with Gasteiger partial charge in [0.05, 0.1) is 7.11 Å². The Hall–Kier alpha value is -1.52. The second-order valence-corrected chi connectivity index (χ2v) is 5.01. The van der Waals surface area contributed by atoms with Crippen LogP contribution in [-0.2, 0) is 0 Å². The highest BCUT2D eigenvalue weighted by atomic mass is 16.5. The van der Waals surface area contributed by atoms with Crippen LogP contribution in [0, 0.1) is 5.92 Å². The number of aromatic nitrogens is 2. The van der Waals surface area contributed by atoms with E-state index in [4.69, 9.17) is 10.5 Å². The molecule has 1 heterocycles. The minimum atomic E-state index is 0.385. The Morgan fingerprint density at radius 2 is 2.06 bits per heavy atom. The fourth-order valence-electron chi connectivity index (χ4n) is 2.57. The third kappa shape index (κ3) is 2.83. The Labute approximate surface area is 108 Å². The Balaban J connectivity index is 2.14. The predicted molar refractivity (Wildman–Crippen MR) is 72.7 cm³/mol. The normalized spacial score (nSPS) is 24.3. The van der Waals surface area contributed by atoms with E-state index in [9.17, 15) is 0 Å². The molecule has 1 fully saturated rings. The molecule has 2 atom stereocenters. The summed E-state index contributed by atoms with van der Waals surface area (Å²) in [5, 5.41) is 3.47. The summed E-state index contributed by atoms with van der Waals surface area (Å²) < 4.78 is 5.27. The molecule has 0 saturated heterocycles. The van der Waals surface area contributed by atoms with Crippen molar-refractivity contribution in [1.82, 2.24) is 9.97 Å². The SMILES string of the molecule is COc1c(N)ncnc1NC1CCCCCC1C. The Bertz CT molecular complexity index is 397.